The molecule has 5 rings (SSSR count). The maximum absolute atomic E-state index is 13.7. The standard InChI is InChI=1S/C23H19BrN4O2S3/c24-14-7-9-15(10-8-14)28-22(30)20-17-5-1-2-6-18(17)33-21(20)26-23(28)32-13-19(29)27-25-12-16-4-3-11-31-16/h3-4,7-12H,1-2,5-6,13H2,(H,27,29). The molecule has 168 valence electrons. The zero-order valence-corrected chi connectivity index (χ0v) is 21.5. The van der Waals surface area contributed by atoms with Crippen molar-refractivity contribution in [1.29, 1.82) is 0 Å². The summed E-state index contributed by atoms with van der Waals surface area (Å²) in [6.07, 6.45) is 5.78. The van der Waals surface area contributed by atoms with Crippen LogP contribution in [0.2, 0.25) is 0 Å². The van der Waals surface area contributed by atoms with Crippen LogP contribution in [0.4, 0.5) is 0 Å². The van der Waals surface area contributed by atoms with Crippen LogP contribution in [-0.2, 0) is 17.6 Å². The lowest BCUT2D eigenvalue weighted by Gasteiger charge is -2.13. The van der Waals surface area contributed by atoms with Gasteiger partial charge in [-0.2, -0.15) is 5.10 Å². The lowest BCUT2D eigenvalue weighted by molar-refractivity contribution is -0.118. The molecule has 4 aromatic rings. The number of carbonyl (C=O) groups excluding carboxylic acids is 1. The average molecular weight is 560 g/mol. The van der Waals surface area contributed by atoms with Crippen LogP contribution in [0.15, 0.2) is 61.3 Å². The van der Waals surface area contributed by atoms with Crippen LogP contribution in [0.3, 0.4) is 0 Å². The van der Waals surface area contributed by atoms with E-state index in [1.54, 1.807) is 33.5 Å². The molecule has 0 atom stereocenters. The molecule has 0 saturated heterocycles. The van der Waals surface area contributed by atoms with E-state index in [0.29, 0.717) is 5.16 Å². The van der Waals surface area contributed by atoms with E-state index in [1.807, 2.05) is 41.8 Å². The molecule has 0 bridgehead atoms. The minimum absolute atomic E-state index is 0.0691. The topological polar surface area (TPSA) is 76.3 Å². The highest BCUT2D eigenvalue weighted by Crippen LogP contribution is 2.35. The van der Waals surface area contributed by atoms with E-state index in [9.17, 15) is 9.59 Å². The second-order valence-electron chi connectivity index (χ2n) is 7.50. The highest BCUT2D eigenvalue weighted by Gasteiger charge is 2.23. The van der Waals surface area contributed by atoms with E-state index < -0.39 is 0 Å². The van der Waals surface area contributed by atoms with Crippen molar-refractivity contribution in [3.8, 4) is 5.69 Å². The molecule has 1 amide bonds. The first kappa shape index (κ1) is 22.5. The summed E-state index contributed by atoms with van der Waals surface area (Å²) in [6, 6.07) is 11.4. The maximum Gasteiger partial charge on any atom is 0.267 e. The fourth-order valence-electron chi connectivity index (χ4n) is 3.80. The number of hydrogen-bond donors (Lipinski definition) is 1. The summed E-state index contributed by atoms with van der Waals surface area (Å²) >= 11 is 7.85. The number of hydrogen-bond acceptors (Lipinski definition) is 7. The van der Waals surface area contributed by atoms with Crippen molar-refractivity contribution in [2.75, 3.05) is 5.75 Å². The molecule has 3 aromatic heterocycles. The number of aromatic nitrogens is 2. The third kappa shape index (κ3) is 4.84. The number of halogens is 1. The number of fused-ring (bicyclic) bond motifs is 3. The monoisotopic (exact) mass is 558 g/mol. The van der Waals surface area contributed by atoms with Gasteiger partial charge in [-0.25, -0.2) is 10.4 Å². The molecule has 10 heteroatoms. The summed E-state index contributed by atoms with van der Waals surface area (Å²) in [5.41, 5.74) is 4.36. The van der Waals surface area contributed by atoms with Crippen molar-refractivity contribution in [1.82, 2.24) is 15.0 Å². The lowest BCUT2D eigenvalue weighted by atomic mass is 9.97. The molecule has 33 heavy (non-hydrogen) atoms. The molecule has 0 fully saturated rings. The number of rotatable bonds is 6. The van der Waals surface area contributed by atoms with Crippen molar-refractivity contribution in [2.45, 2.75) is 30.8 Å². The number of nitrogens with zero attached hydrogens (tertiary/aromatic N) is 3. The molecule has 6 nitrogen and oxygen atoms in total. The molecule has 0 radical (unpaired) electrons. The number of hydrazone groups is 1. The molecular formula is C23H19BrN4O2S3. The van der Waals surface area contributed by atoms with E-state index in [2.05, 4.69) is 26.5 Å². The summed E-state index contributed by atoms with van der Waals surface area (Å²) in [6.45, 7) is 0. The molecule has 1 N–H and O–H groups in total. The summed E-state index contributed by atoms with van der Waals surface area (Å²) in [5, 5.41) is 7.19. The van der Waals surface area contributed by atoms with Gasteiger partial charge in [-0.15, -0.1) is 22.7 Å². The predicted molar refractivity (Wildman–Crippen MR) is 140 cm³/mol. The fourth-order valence-corrected chi connectivity index (χ4v) is 6.75. The number of benzene rings is 1. The summed E-state index contributed by atoms with van der Waals surface area (Å²) in [7, 11) is 0. The Morgan fingerprint density at radius 2 is 2.06 bits per heavy atom. The Hall–Kier alpha value is -2.27. The van der Waals surface area contributed by atoms with Gasteiger partial charge in [-0.1, -0.05) is 33.8 Å². The number of thiophene rings is 2. The van der Waals surface area contributed by atoms with Crippen molar-refractivity contribution in [3.63, 3.8) is 0 Å². The van der Waals surface area contributed by atoms with Gasteiger partial charge < -0.3 is 0 Å². The number of amides is 1. The van der Waals surface area contributed by atoms with Crippen molar-refractivity contribution >= 4 is 72.7 Å². The van der Waals surface area contributed by atoms with E-state index in [1.165, 1.54) is 16.6 Å². The second-order valence-corrected chi connectivity index (χ2v) is 11.4. The van der Waals surface area contributed by atoms with Gasteiger partial charge in [0.05, 0.1) is 23.0 Å². The first-order valence-corrected chi connectivity index (χ1v) is 13.9. The third-order valence-corrected chi connectivity index (χ3v) is 8.76. The average Bonchev–Trinajstić information content (AvgIpc) is 3.46. The minimum atomic E-state index is -0.255. The van der Waals surface area contributed by atoms with Crippen LogP contribution in [0, 0.1) is 0 Å². The summed E-state index contributed by atoms with van der Waals surface area (Å²) < 4.78 is 2.56. The van der Waals surface area contributed by atoms with Gasteiger partial charge in [0.15, 0.2) is 5.16 Å². The van der Waals surface area contributed by atoms with Crippen LogP contribution in [0.25, 0.3) is 15.9 Å². The fraction of sp³-hybridized carbons (Fsp3) is 0.217. The van der Waals surface area contributed by atoms with Crippen molar-refractivity contribution < 1.29 is 4.79 Å². The van der Waals surface area contributed by atoms with Gasteiger partial charge in [-0.3, -0.25) is 14.2 Å². The Balaban J connectivity index is 1.47. The number of thioether (sulfide) groups is 1. The molecule has 1 aliphatic rings. The van der Waals surface area contributed by atoms with E-state index in [0.717, 1.165) is 56.5 Å². The van der Waals surface area contributed by atoms with Gasteiger partial charge in [0.2, 0.25) is 0 Å². The highest BCUT2D eigenvalue weighted by molar-refractivity contribution is 9.10. The molecule has 0 unspecified atom stereocenters. The molecule has 0 spiro atoms. The van der Waals surface area contributed by atoms with Gasteiger partial charge in [0.25, 0.3) is 11.5 Å². The zero-order chi connectivity index (χ0) is 22.8. The van der Waals surface area contributed by atoms with Crippen molar-refractivity contribution in [2.24, 2.45) is 5.10 Å². The van der Waals surface area contributed by atoms with E-state index >= 15 is 0 Å². The normalized spacial score (nSPS) is 13.5. The van der Waals surface area contributed by atoms with Gasteiger partial charge in [-0.05, 0) is 67.0 Å². The van der Waals surface area contributed by atoms with Gasteiger partial charge in [0, 0.05) is 14.2 Å². The quantitative estimate of drug-likeness (QED) is 0.149. The first-order chi connectivity index (χ1) is 16.1. The molecule has 1 aromatic carbocycles. The van der Waals surface area contributed by atoms with Crippen molar-refractivity contribution in [3.05, 3.63) is 71.9 Å². The molecule has 0 aliphatic heterocycles. The number of aryl methyl sites for hydroxylation is 2. The van der Waals surface area contributed by atoms with Gasteiger partial charge in [0.1, 0.15) is 4.83 Å². The second kappa shape index (κ2) is 9.92. The highest BCUT2D eigenvalue weighted by atomic mass is 79.9. The minimum Gasteiger partial charge on any atom is -0.272 e. The predicted octanol–water partition coefficient (Wildman–Crippen LogP) is 5.39. The van der Waals surface area contributed by atoms with Crippen LogP contribution in [-0.4, -0.2) is 27.4 Å². The third-order valence-electron chi connectivity index (χ3n) is 5.30. The smallest absolute Gasteiger partial charge is 0.267 e. The number of carbonyl (C=O) groups is 1. The Bertz CT molecular complexity index is 1390. The molecular weight excluding hydrogens is 540 g/mol. The maximum atomic E-state index is 13.7. The Morgan fingerprint density at radius 3 is 2.85 bits per heavy atom. The van der Waals surface area contributed by atoms with Crippen LogP contribution < -0.4 is 11.0 Å². The summed E-state index contributed by atoms with van der Waals surface area (Å²) in [5.74, 6) is -0.156. The van der Waals surface area contributed by atoms with Crippen LogP contribution in [0.5, 0.6) is 0 Å². The SMILES string of the molecule is O=C(CSc1nc2sc3c(c2c(=O)n1-c1ccc(Br)cc1)CCCC3)NN=Cc1cccs1. The largest absolute Gasteiger partial charge is 0.272 e. The number of nitrogens with one attached hydrogen (secondary N) is 1. The van der Waals surface area contributed by atoms with Crippen LogP contribution in [0.1, 0.15) is 28.2 Å². The van der Waals surface area contributed by atoms with Crippen LogP contribution >= 0.6 is 50.4 Å². The summed E-state index contributed by atoms with van der Waals surface area (Å²) in [4.78, 5) is 33.9. The molecule has 1 aliphatic carbocycles. The Kier molecular flexibility index (Phi) is 6.77. The first-order valence-electron chi connectivity index (χ1n) is 10.4. The molecule has 0 saturated carbocycles. The Morgan fingerprint density at radius 1 is 1.24 bits per heavy atom. The Labute approximate surface area is 210 Å². The van der Waals surface area contributed by atoms with E-state index in [4.69, 9.17) is 4.98 Å². The van der Waals surface area contributed by atoms with Gasteiger partial charge >= 0.3 is 0 Å². The van der Waals surface area contributed by atoms with E-state index in [-0.39, 0.29) is 17.2 Å². The zero-order valence-electron chi connectivity index (χ0n) is 17.4. The lowest BCUT2D eigenvalue weighted by Crippen LogP contribution is -2.24. The molecule has 3 heterocycles.